The monoisotopic (exact) mass is 390 g/mol. The number of H-pyrrole nitrogens is 1. The summed E-state index contributed by atoms with van der Waals surface area (Å²) in [6.07, 6.45) is 8.96. The Morgan fingerprint density at radius 3 is 2.45 bits per heavy atom. The smallest absolute Gasteiger partial charge is 0.172 e. The summed E-state index contributed by atoms with van der Waals surface area (Å²) in [5.41, 5.74) is 4.78. The molecule has 1 aromatic carbocycles. The van der Waals surface area contributed by atoms with Crippen LogP contribution in [0.15, 0.2) is 36.7 Å². The van der Waals surface area contributed by atoms with Crippen LogP contribution in [-0.4, -0.2) is 33.8 Å². The van der Waals surface area contributed by atoms with E-state index < -0.39 is 0 Å². The summed E-state index contributed by atoms with van der Waals surface area (Å²) in [5.74, 6) is 0.201. The summed E-state index contributed by atoms with van der Waals surface area (Å²) in [7, 11) is 0. The first-order valence-corrected chi connectivity index (χ1v) is 10.8. The quantitative estimate of drug-likeness (QED) is 0.555. The number of aromatic amines is 1. The van der Waals surface area contributed by atoms with Crippen molar-refractivity contribution in [2.75, 3.05) is 18.0 Å². The average molecular weight is 391 g/mol. The van der Waals surface area contributed by atoms with Gasteiger partial charge in [0.25, 0.3) is 0 Å². The predicted octanol–water partition coefficient (Wildman–Crippen LogP) is 5.62. The molecule has 0 bridgehead atoms. The SMILES string of the molecule is CCN(CC)c1ccc(-c2cnc3[nH]cc(C(=O)C4(C)CCCCC4)c3n2)cc1. The van der Waals surface area contributed by atoms with Gasteiger partial charge in [0.2, 0.25) is 0 Å². The molecule has 152 valence electrons. The summed E-state index contributed by atoms with van der Waals surface area (Å²) in [6.45, 7) is 8.39. The molecule has 1 fully saturated rings. The number of ketones is 1. The Kier molecular flexibility index (Phi) is 5.39. The Hall–Kier alpha value is -2.69. The highest BCUT2D eigenvalue weighted by atomic mass is 16.1. The Labute approximate surface area is 172 Å². The standard InChI is InChI=1S/C24H30N4O/c1-4-28(5-2)18-11-9-17(10-12-18)20-16-26-23-21(27-20)19(15-25-23)22(29)24(3)13-7-6-8-14-24/h9-12,15-16H,4-8,13-14H2,1-3H3,(H,25,26). The van der Waals surface area contributed by atoms with Gasteiger partial charge in [0.15, 0.2) is 11.4 Å². The summed E-state index contributed by atoms with van der Waals surface area (Å²) >= 11 is 0. The maximum absolute atomic E-state index is 13.3. The van der Waals surface area contributed by atoms with Crippen LogP contribution in [0.3, 0.4) is 0 Å². The van der Waals surface area contributed by atoms with Gasteiger partial charge in [0.05, 0.1) is 17.5 Å². The van der Waals surface area contributed by atoms with Crippen LogP contribution in [0.2, 0.25) is 0 Å². The summed E-state index contributed by atoms with van der Waals surface area (Å²) in [5, 5.41) is 0. The van der Waals surface area contributed by atoms with E-state index in [0.717, 1.165) is 50.0 Å². The zero-order valence-corrected chi connectivity index (χ0v) is 17.7. The maximum Gasteiger partial charge on any atom is 0.172 e. The summed E-state index contributed by atoms with van der Waals surface area (Å²) in [6, 6.07) is 8.42. The Morgan fingerprint density at radius 2 is 1.79 bits per heavy atom. The van der Waals surface area contributed by atoms with E-state index in [2.05, 4.69) is 59.9 Å². The fourth-order valence-electron chi connectivity index (χ4n) is 4.52. The summed E-state index contributed by atoms with van der Waals surface area (Å²) in [4.78, 5) is 28.2. The van der Waals surface area contributed by atoms with Gasteiger partial charge < -0.3 is 9.88 Å². The van der Waals surface area contributed by atoms with E-state index >= 15 is 0 Å². The highest BCUT2D eigenvalue weighted by molar-refractivity contribution is 6.08. The van der Waals surface area contributed by atoms with Crippen LogP contribution in [0.1, 0.15) is 63.2 Å². The molecule has 0 atom stereocenters. The van der Waals surface area contributed by atoms with Crippen LogP contribution in [-0.2, 0) is 0 Å². The first-order valence-electron chi connectivity index (χ1n) is 10.8. The van der Waals surface area contributed by atoms with Crippen LogP contribution in [0.5, 0.6) is 0 Å². The van der Waals surface area contributed by atoms with Gasteiger partial charge in [-0.25, -0.2) is 9.97 Å². The number of nitrogens with one attached hydrogen (secondary N) is 1. The van der Waals surface area contributed by atoms with Crippen molar-refractivity contribution in [1.29, 1.82) is 0 Å². The van der Waals surface area contributed by atoms with Crippen molar-refractivity contribution in [3.8, 4) is 11.3 Å². The van der Waals surface area contributed by atoms with Crippen LogP contribution in [0, 0.1) is 5.41 Å². The van der Waals surface area contributed by atoms with E-state index in [-0.39, 0.29) is 11.2 Å². The Morgan fingerprint density at radius 1 is 1.10 bits per heavy atom. The van der Waals surface area contributed by atoms with E-state index in [1.807, 2.05) is 0 Å². The molecule has 1 aliphatic carbocycles. The van der Waals surface area contributed by atoms with Crippen molar-refractivity contribution in [3.05, 3.63) is 42.2 Å². The van der Waals surface area contributed by atoms with Crippen LogP contribution >= 0.6 is 0 Å². The number of carbonyl (C=O) groups is 1. The normalized spacial score (nSPS) is 16.1. The number of rotatable bonds is 6. The third-order valence-electron chi connectivity index (χ3n) is 6.42. The second-order valence-corrected chi connectivity index (χ2v) is 8.32. The molecule has 0 spiro atoms. The topological polar surface area (TPSA) is 61.9 Å². The van der Waals surface area contributed by atoms with Gasteiger partial charge in [-0.15, -0.1) is 0 Å². The molecule has 3 aromatic rings. The average Bonchev–Trinajstić information content (AvgIpc) is 3.18. The highest BCUT2D eigenvalue weighted by Crippen LogP contribution is 2.39. The number of fused-ring (bicyclic) bond motifs is 1. The molecule has 5 nitrogen and oxygen atoms in total. The maximum atomic E-state index is 13.3. The molecular weight excluding hydrogens is 360 g/mol. The van der Waals surface area contributed by atoms with Crippen molar-refractivity contribution >= 4 is 22.6 Å². The molecular formula is C24H30N4O. The van der Waals surface area contributed by atoms with Crippen molar-refractivity contribution in [1.82, 2.24) is 15.0 Å². The molecule has 0 amide bonds. The molecule has 0 unspecified atom stereocenters. The largest absolute Gasteiger partial charge is 0.372 e. The van der Waals surface area contributed by atoms with Gasteiger partial charge in [-0.05, 0) is 38.8 Å². The van der Waals surface area contributed by atoms with Crippen molar-refractivity contribution in [2.45, 2.75) is 52.9 Å². The minimum atomic E-state index is -0.281. The zero-order chi connectivity index (χ0) is 20.4. The van der Waals surface area contributed by atoms with E-state index in [1.54, 1.807) is 12.4 Å². The van der Waals surface area contributed by atoms with Gasteiger partial charge in [-0.3, -0.25) is 4.79 Å². The fourth-order valence-corrected chi connectivity index (χ4v) is 4.52. The molecule has 1 aliphatic rings. The van der Waals surface area contributed by atoms with E-state index in [4.69, 9.17) is 4.98 Å². The molecule has 29 heavy (non-hydrogen) atoms. The lowest BCUT2D eigenvalue weighted by atomic mass is 9.71. The van der Waals surface area contributed by atoms with E-state index in [9.17, 15) is 4.79 Å². The number of benzene rings is 1. The van der Waals surface area contributed by atoms with Crippen molar-refractivity contribution in [2.24, 2.45) is 5.41 Å². The lowest BCUT2D eigenvalue weighted by molar-refractivity contribution is 0.0751. The number of nitrogens with zero attached hydrogens (tertiary/aromatic N) is 3. The number of aromatic nitrogens is 3. The van der Waals surface area contributed by atoms with Crippen LogP contribution in [0.25, 0.3) is 22.4 Å². The van der Waals surface area contributed by atoms with Gasteiger partial charge in [0, 0.05) is 36.0 Å². The third kappa shape index (κ3) is 3.66. The van der Waals surface area contributed by atoms with Gasteiger partial charge in [0.1, 0.15) is 5.52 Å². The first kappa shape index (κ1) is 19.6. The number of anilines is 1. The van der Waals surface area contributed by atoms with Crippen LogP contribution < -0.4 is 4.90 Å². The van der Waals surface area contributed by atoms with Crippen molar-refractivity contribution < 1.29 is 4.79 Å². The molecule has 0 saturated heterocycles. The molecule has 1 N–H and O–H groups in total. The van der Waals surface area contributed by atoms with Crippen LogP contribution in [0.4, 0.5) is 5.69 Å². The number of carbonyl (C=O) groups excluding carboxylic acids is 1. The lowest BCUT2D eigenvalue weighted by Crippen LogP contribution is -2.30. The molecule has 2 heterocycles. The summed E-state index contributed by atoms with van der Waals surface area (Å²) < 4.78 is 0. The Bertz CT molecular complexity index is 995. The van der Waals surface area contributed by atoms with Gasteiger partial charge in [-0.1, -0.05) is 38.3 Å². The highest BCUT2D eigenvalue weighted by Gasteiger charge is 2.36. The minimum Gasteiger partial charge on any atom is -0.372 e. The number of hydrogen-bond donors (Lipinski definition) is 1. The second-order valence-electron chi connectivity index (χ2n) is 8.32. The first-order chi connectivity index (χ1) is 14.1. The molecule has 0 aliphatic heterocycles. The molecule has 5 heteroatoms. The van der Waals surface area contributed by atoms with Gasteiger partial charge in [-0.2, -0.15) is 0 Å². The minimum absolute atomic E-state index is 0.201. The number of hydrogen-bond acceptors (Lipinski definition) is 4. The molecule has 4 rings (SSSR count). The predicted molar refractivity (Wildman–Crippen MR) is 118 cm³/mol. The second kappa shape index (κ2) is 7.97. The molecule has 0 radical (unpaired) electrons. The zero-order valence-electron chi connectivity index (χ0n) is 17.7. The fraction of sp³-hybridized carbons (Fsp3) is 0.458. The molecule has 2 aromatic heterocycles. The van der Waals surface area contributed by atoms with Gasteiger partial charge >= 0.3 is 0 Å². The Balaban J connectivity index is 1.67. The number of Topliss-reactive ketones (excluding diaryl/α,β-unsaturated/α-hetero) is 1. The third-order valence-corrected chi connectivity index (χ3v) is 6.42. The van der Waals surface area contributed by atoms with Crippen molar-refractivity contribution in [3.63, 3.8) is 0 Å². The lowest BCUT2D eigenvalue weighted by Gasteiger charge is -2.31. The van der Waals surface area contributed by atoms with E-state index in [1.165, 1.54) is 12.1 Å². The molecule has 1 saturated carbocycles. The van der Waals surface area contributed by atoms with E-state index in [0.29, 0.717) is 16.7 Å².